The van der Waals surface area contributed by atoms with E-state index in [1.54, 1.807) is 37.0 Å². The standard InChI is InChI=1S/2C12H27P.BrH.Ni/c2*1-4-7-10-13(11-8-5-2)12-9-6-3;;/h2*4-12H2,1-3H3;1H;/q;;;-1/p+1. The summed E-state index contributed by atoms with van der Waals surface area (Å²) >= 11 is 4.67. The molecule has 0 heterocycles. The summed E-state index contributed by atoms with van der Waals surface area (Å²) in [6, 6.07) is -2.45. The molecule has 0 nitrogen and oxygen atoms in total. The fourth-order valence-electron chi connectivity index (χ4n) is 4.42. The van der Waals surface area contributed by atoms with E-state index in [1.165, 1.54) is 77.0 Å². The third kappa shape index (κ3) is 10.4. The number of unbranched alkanes of at least 4 members (excludes halogenated alkanes) is 6. The molecule has 0 atom stereocenters. The second kappa shape index (κ2) is 18.4. The summed E-state index contributed by atoms with van der Waals surface area (Å²) in [6.45, 7) is 14.5. The van der Waals surface area contributed by atoms with Crippen molar-refractivity contribution in [3.63, 3.8) is 0 Å². The van der Waals surface area contributed by atoms with Crippen LogP contribution in [-0.4, -0.2) is 37.0 Å². The molecule has 0 aromatic carbocycles. The molecule has 0 radical (unpaired) electrons. The van der Waals surface area contributed by atoms with Crippen LogP contribution < -0.4 is 0 Å². The number of rotatable bonds is 20. The van der Waals surface area contributed by atoms with Gasteiger partial charge in [-0.25, -0.2) is 0 Å². The van der Waals surface area contributed by atoms with E-state index >= 15 is 0 Å². The molecule has 179 valence electrons. The van der Waals surface area contributed by atoms with Gasteiger partial charge in [-0.05, 0) is 0 Å². The number of halogens is 1. The van der Waals surface area contributed by atoms with Crippen molar-refractivity contribution in [3.05, 3.63) is 0 Å². The maximum atomic E-state index is 4.67. The molecule has 28 heavy (non-hydrogen) atoms. The van der Waals surface area contributed by atoms with E-state index in [9.17, 15) is 0 Å². The van der Waals surface area contributed by atoms with E-state index in [2.05, 4.69) is 55.8 Å². The van der Waals surface area contributed by atoms with Crippen molar-refractivity contribution < 1.29 is 10.8 Å². The quantitative estimate of drug-likeness (QED) is 0.106. The molecular weight excluding hydrogens is 489 g/mol. The zero-order valence-corrected chi connectivity index (χ0v) is 25.0. The predicted octanol–water partition coefficient (Wildman–Crippen LogP) is 10.0. The van der Waals surface area contributed by atoms with E-state index in [4.69, 9.17) is 0 Å². The molecule has 0 amide bonds. The maximum absolute atomic E-state index is 4.67. The van der Waals surface area contributed by atoms with Crippen molar-refractivity contribution in [1.82, 2.24) is 0 Å². The van der Waals surface area contributed by atoms with Crippen LogP contribution in [0.5, 0.6) is 0 Å². The Labute approximate surface area is 191 Å². The summed E-state index contributed by atoms with van der Waals surface area (Å²) in [5.41, 5.74) is 0. The van der Waals surface area contributed by atoms with E-state index in [1.807, 2.05) is 0 Å². The van der Waals surface area contributed by atoms with Gasteiger partial charge in [0.25, 0.3) is 0 Å². The van der Waals surface area contributed by atoms with Gasteiger partial charge in [0, 0.05) is 0 Å². The molecular formula is C24H56BrNiP2. The molecule has 0 bridgehead atoms. The fourth-order valence-corrected chi connectivity index (χ4v) is 47.6. The molecule has 0 unspecified atom stereocenters. The summed E-state index contributed by atoms with van der Waals surface area (Å²) in [7, 11) is 0.441. The van der Waals surface area contributed by atoms with Gasteiger partial charge in [0.05, 0.1) is 0 Å². The van der Waals surface area contributed by atoms with Gasteiger partial charge in [-0.1, -0.05) is 0 Å². The SMILES string of the molecule is CCCC[PH](CCCC)(CCCC)[Ni]([Br])[PH](CCCC)(CCCC)CCCC. The Bertz CT molecular complexity index is 276. The summed E-state index contributed by atoms with van der Waals surface area (Å²) in [4.78, 5) is 0. The minimum atomic E-state index is -1.23. The van der Waals surface area contributed by atoms with Crippen LogP contribution in [0.2, 0.25) is 0 Å². The zero-order valence-electron chi connectivity index (χ0n) is 20.4. The van der Waals surface area contributed by atoms with Crippen LogP contribution in [0.4, 0.5) is 0 Å². The van der Waals surface area contributed by atoms with Gasteiger partial charge in [-0.2, -0.15) is 0 Å². The molecule has 0 aliphatic heterocycles. The first kappa shape index (κ1) is 29.8. The first-order chi connectivity index (χ1) is 13.5. The van der Waals surface area contributed by atoms with Crippen molar-refractivity contribution in [3.8, 4) is 0 Å². The molecule has 0 N–H and O–H groups in total. The second-order valence-corrected chi connectivity index (χ2v) is 33.0. The molecule has 0 saturated carbocycles. The van der Waals surface area contributed by atoms with Crippen LogP contribution in [0.25, 0.3) is 0 Å². The Morgan fingerprint density at radius 1 is 0.429 bits per heavy atom. The molecule has 0 aliphatic carbocycles. The molecule has 0 aliphatic rings. The molecule has 0 rings (SSSR count). The average Bonchev–Trinajstić information content (AvgIpc) is 2.73. The Kier molecular flexibility index (Phi) is 19.6. The molecule has 0 aromatic heterocycles. The third-order valence-corrected chi connectivity index (χ3v) is 46.3. The van der Waals surface area contributed by atoms with Gasteiger partial charge >= 0.3 is 193 Å². The monoisotopic (exact) mass is 543 g/mol. The second-order valence-electron chi connectivity index (χ2n) is 8.99. The topological polar surface area (TPSA) is 0 Å². The summed E-state index contributed by atoms with van der Waals surface area (Å²) in [6.07, 6.45) is 27.1. The molecule has 0 saturated heterocycles. The molecule has 0 spiro atoms. The van der Waals surface area contributed by atoms with Crippen molar-refractivity contribution in [1.29, 1.82) is 0 Å². The van der Waals surface area contributed by atoms with Gasteiger partial charge in [-0.15, -0.1) is 0 Å². The third-order valence-electron chi connectivity index (χ3n) is 6.37. The minimum absolute atomic E-state index is 0.441. The summed E-state index contributed by atoms with van der Waals surface area (Å²) in [5.74, 6) is 0. The average molecular weight is 545 g/mol. The predicted molar refractivity (Wildman–Crippen MR) is 144 cm³/mol. The van der Waals surface area contributed by atoms with Gasteiger partial charge in [0.1, 0.15) is 0 Å². The van der Waals surface area contributed by atoms with Crippen molar-refractivity contribution >= 4 is 26.3 Å². The van der Waals surface area contributed by atoms with Crippen molar-refractivity contribution in [2.75, 3.05) is 37.0 Å². The van der Waals surface area contributed by atoms with Crippen LogP contribution in [0.1, 0.15) is 119 Å². The van der Waals surface area contributed by atoms with E-state index in [0.29, 0.717) is 10.8 Å². The Morgan fingerprint density at radius 2 is 0.607 bits per heavy atom. The summed E-state index contributed by atoms with van der Waals surface area (Å²) < 4.78 is 0. The Balaban J connectivity index is 5.99. The molecule has 0 fully saturated rings. The Hall–Kier alpha value is 1.83. The first-order valence-corrected chi connectivity index (χ1v) is 23.1. The number of hydrogen-bond donors (Lipinski definition) is 0. The molecule has 0 aromatic rings. The van der Waals surface area contributed by atoms with Gasteiger partial charge in [-0.3, -0.25) is 0 Å². The van der Waals surface area contributed by atoms with Crippen LogP contribution >= 0.6 is 26.3 Å². The summed E-state index contributed by atoms with van der Waals surface area (Å²) in [5, 5.41) is 0. The van der Waals surface area contributed by atoms with Crippen molar-refractivity contribution in [2.45, 2.75) is 119 Å². The zero-order chi connectivity index (χ0) is 21.3. The van der Waals surface area contributed by atoms with E-state index in [0.717, 1.165) is 0 Å². The Morgan fingerprint density at radius 3 is 0.750 bits per heavy atom. The van der Waals surface area contributed by atoms with Gasteiger partial charge < -0.3 is 0 Å². The van der Waals surface area contributed by atoms with Gasteiger partial charge in [0.15, 0.2) is 0 Å². The van der Waals surface area contributed by atoms with Crippen molar-refractivity contribution in [2.24, 2.45) is 0 Å². The van der Waals surface area contributed by atoms with E-state index in [-0.39, 0.29) is 0 Å². The molecule has 4 heteroatoms. The van der Waals surface area contributed by atoms with Crippen LogP contribution in [-0.2, 0) is 10.8 Å². The van der Waals surface area contributed by atoms with Crippen LogP contribution in [0, 0.1) is 0 Å². The van der Waals surface area contributed by atoms with Crippen LogP contribution in [0.15, 0.2) is 0 Å². The van der Waals surface area contributed by atoms with Gasteiger partial charge in [0.2, 0.25) is 0 Å². The fraction of sp³-hybridized carbons (Fsp3) is 1.00. The number of hydrogen-bond acceptors (Lipinski definition) is 0. The first-order valence-electron chi connectivity index (χ1n) is 12.8. The van der Waals surface area contributed by atoms with E-state index < -0.39 is 12.1 Å². The normalized spacial score (nSPS) is 14.3. The van der Waals surface area contributed by atoms with Crippen LogP contribution in [0.3, 0.4) is 0 Å².